The zero-order valence-electron chi connectivity index (χ0n) is 16.3. The molecule has 0 unspecified atom stereocenters. The first-order valence-corrected chi connectivity index (χ1v) is 10.0. The molecule has 0 saturated heterocycles. The van der Waals surface area contributed by atoms with Crippen LogP contribution in [0.4, 0.5) is 0 Å². The van der Waals surface area contributed by atoms with E-state index >= 15 is 0 Å². The number of methoxy groups -OCH3 is 1. The van der Waals surface area contributed by atoms with Crippen molar-refractivity contribution in [1.29, 1.82) is 0 Å². The molecule has 3 rings (SSSR count). The molecule has 2 aliphatic carbocycles. The highest BCUT2D eigenvalue weighted by molar-refractivity contribution is 5.89. The van der Waals surface area contributed by atoms with Gasteiger partial charge in [-0.1, -0.05) is 36.8 Å². The third kappa shape index (κ3) is 5.21. The van der Waals surface area contributed by atoms with Gasteiger partial charge >= 0.3 is 5.97 Å². The second kappa shape index (κ2) is 8.89. The van der Waals surface area contributed by atoms with Gasteiger partial charge < -0.3 is 14.9 Å². The van der Waals surface area contributed by atoms with Crippen molar-refractivity contribution in [3.8, 4) is 11.8 Å². The van der Waals surface area contributed by atoms with Crippen LogP contribution in [-0.4, -0.2) is 40.8 Å². The summed E-state index contributed by atoms with van der Waals surface area (Å²) < 4.78 is 4.69. The number of aliphatic hydroxyl groups excluding tert-OH is 1. The van der Waals surface area contributed by atoms with Crippen molar-refractivity contribution in [3.63, 3.8) is 0 Å². The molecule has 1 aromatic rings. The lowest BCUT2D eigenvalue weighted by Gasteiger charge is -2.15. The molecule has 0 spiro atoms. The number of ether oxygens (including phenoxy) is 1. The first-order valence-electron chi connectivity index (χ1n) is 10.0. The molecule has 0 aliphatic heterocycles. The standard InChI is InChI=1S/C23H28O5/c1-28-22(26)17-9-7-16(8-10-17)5-3-2-4-6-18-19(21(25)15-20(18)24)11-12-23(27)13-14-23/h7-10,18-19,21,25,27H,2-6,13-15H2,1H3/t18-,19-,21-/m1/s1. The van der Waals surface area contributed by atoms with Crippen molar-refractivity contribution in [3.05, 3.63) is 35.4 Å². The fourth-order valence-corrected chi connectivity index (χ4v) is 3.75. The number of benzene rings is 1. The van der Waals surface area contributed by atoms with Crippen LogP contribution in [0.5, 0.6) is 0 Å². The molecule has 5 nitrogen and oxygen atoms in total. The molecule has 2 N–H and O–H groups in total. The van der Waals surface area contributed by atoms with Gasteiger partial charge in [-0.25, -0.2) is 4.79 Å². The Kier molecular flexibility index (Phi) is 6.53. The van der Waals surface area contributed by atoms with E-state index in [1.165, 1.54) is 12.7 Å². The van der Waals surface area contributed by atoms with E-state index in [9.17, 15) is 19.8 Å². The van der Waals surface area contributed by atoms with Gasteiger partial charge in [0.15, 0.2) is 0 Å². The topological polar surface area (TPSA) is 83.8 Å². The number of aryl methyl sites for hydroxylation is 1. The number of aliphatic hydroxyl groups is 2. The highest BCUT2D eigenvalue weighted by Gasteiger charge is 2.42. The predicted molar refractivity (Wildman–Crippen MR) is 105 cm³/mol. The van der Waals surface area contributed by atoms with Gasteiger partial charge in [0.05, 0.1) is 24.7 Å². The summed E-state index contributed by atoms with van der Waals surface area (Å²) in [6.45, 7) is 0. The van der Waals surface area contributed by atoms with Crippen molar-refractivity contribution in [1.82, 2.24) is 0 Å². The van der Waals surface area contributed by atoms with E-state index in [0.717, 1.165) is 32.1 Å². The Balaban J connectivity index is 1.43. The lowest BCUT2D eigenvalue weighted by Crippen LogP contribution is -2.19. The Labute approximate surface area is 166 Å². The summed E-state index contributed by atoms with van der Waals surface area (Å²) >= 11 is 0. The van der Waals surface area contributed by atoms with E-state index in [1.807, 2.05) is 12.1 Å². The van der Waals surface area contributed by atoms with Gasteiger partial charge in [-0.3, -0.25) is 4.79 Å². The summed E-state index contributed by atoms with van der Waals surface area (Å²) in [7, 11) is 1.37. The zero-order chi connectivity index (χ0) is 20.1. The maximum absolute atomic E-state index is 12.2. The Morgan fingerprint density at radius 1 is 1.21 bits per heavy atom. The molecule has 2 saturated carbocycles. The number of carbonyl (C=O) groups excluding carboxylic acids is 2. The normalized spacial score (nSPS) is 25.1. The Morgan fingerprint density at radius 3 is 2.57 bits per heavy atom. The zero-order valence-corrected chi connectivity index (χ0v) is 16.3. The molecular weight excluding hydrogens is 356 g/mol. The highest BCUT2D eigenvalue weighted by atomic mass is 16.5. The minimum atomic E-state index is -0.876. The predicted octanol–water partition coefficient (Wildman–Crippen LogP) is 2.67. The molecule has 150 valence electrons. The molecule has 5 heteroatoms. The molecule has 2 fully saturated rings. The van der Waals surface area contributed by atoms with Crippen LogP contribution in [0.25, 0.3) is 0 Å². The summed E-state index contributed by atoms with van der Waals surface area (Å²) in [6.07, 6.45) is 5.37. The van der Waals surface area contributed by atoms with Crippen LogP contribution in [0.3, 0.4) is 0 Å². The van der Waals surface area contributed by atoms with Crippen LogP contribution in [0.1, 0.15) is 60.9 Å². The molecule has 28 heavy (non-hydrogen) atoms. The van der Waals surface area contributed by atoms with E-state index in [-0.39, 0.29) is 30.0 Å². The monoisotopic (exact) mass is 384 g/mol. The Morgan fingerprint density at radius 2 is 1.93 bits per heavy atom. The lowest BCUT2D eigenvalue weighted by atomic mass is 9.89. The van der Waals surface area contributed by atoms with Gasteiger partial charge in [0.1, 0.15) is 11.4 Å². The van der Waals surface area contributed by atoms with E-state index in [1.54, 1.807) is 12.1 Å². The van der Waals surface area contributed by atoms with Crippen LogP contribution >= 0.6 is 0 Å². The molecule has 0 radical (unpaired) electrons. The number of esters is 1. The van der Waals surface area contributed by atoms with Crippen molar-refractivity contribution >= 4 is 11.8 Å². The molecule has 3 atom stereocenters. The average Bonchev–Trinajstić information content (AvgIpc) is 3.36. The second-order valence-electron chi connectivity index (χ2n) is 7.96. The van der Waals surface area contributed by atoms with E-state index in [2.05, 4.69) is 11.8 Å². The Bertz CT molecular complexity index is 766. The number of Topliss-reactive ketones (excluding diaryl/α,β-unsaturated/α-hetero) is 1. The Hall–Kier alpha value is -2.16. The summed E-state index contributed by atoms with van der Waals surface area (Å²) in [4.78, 5) is 23.6. The maximum atomic E-state index is 12.2. The van der Waals surface area contributed by atoms with E-state index in [4.69, 9.17) is 4.74 Å². The van der Waals surface area contributed by atoms with Gasteiger partial charge in [0, 0.05) is 12.3 Å². The van der Waals surface area contributed by atoms with Crippen molar-refractivity contribution in [2.24, 2.45) is 11.8 Å². The number of unbranched alkanes of at least 4 members (excludes halogenated alkanes) is 2. The van der Waals surface area contributed by atoms with Crippen molar-refractivity contribution in [2.45, 2.75) is 63.1 Å². The van der Waals surface area contributed by atoms with E-state index < -0.39 is 11.7 Å². The van der Waals surface area contributed by atoms with Crippen LogP contribution in [0.15, 0.2) is 24.3 Å². The van der Waals surface area contributed by atoms with Crippen molar-refractivity contribution in [2.75, 3.05) is 7.11 Å². The summed E-state index contributed by atoms with van der Waals surface area (Å²) in [5.74, 6) is 5.04. The minimum absolute atomic E-state index is 0.0907. The highest BCUT2D eigenvalue weighted by Crippen LogP contribution is 2.36. The number of rotatable bonds is 7. The molecule has 0 amide bonds. The second-order valence-corrected chi connectivity index (χ2v) is 7.96. The van der Waals surface area contributed by atoms with Gasteiger partial charge in [0.2, 0.25) is 0 Å². The SMILES string of the molecule is COC(=O)c1ccc(CCCCC[C@H]2C(=O)C[C@@H](O)[C@@H]2C#CC2(O)CC2)cc1. The smallest absolute Gasteiger partial charge is 0.337 e. The lowest BCUT2D eigenvalue weighted by molar-refractivity contribution is -0.121. The van der Waals surface area contributed by atoms with E-state index in [0.29, 0.717) is 18.4 Å². The summed E-state index contributed by atoms with van der Waals surface area (Å²) in [5, 5.41) is 20.0. The van der Waals surface area contributed by atoms with Crippen LogP contribution in [0.2, 0.25) is 0 Å². The van der Waals surface area contributed by atoms with Gasteiger partial charge in [-0.2, -0.15) is 0 Å². The number of carbonyl (C=O) groups is 2. The molecule has 0 heterocycles. The summed E-state index contributed by atoms with van der Waals surface area (Å²) in [5.41, 5.74) is 0.841. The fourth-order valence-electron chi connectivity index (χ4n) is 3.75. The van der Waals surface area contributed by atoms with Gasteiger partial charge in [-0.05, 0) is 49.8 Å². The van der Waals surface area contributed by atoms with Crippen molar-refractivity contribution < 1.29 is 24.5 Å². The third-order valence-corrected chi connectivity index (χ3v) is 5.72. The molecule has 0 aromatic heterocycles. The maximum Gasteiger partial charge on any atom is 0.337 e. The molecule has 2 aliphatic rings. The minimum Gasteiger partial charge on any atom is -0.465 e. The number of ketones is 1. The fraction of sp³-hybridized carbons (Fsp3) is 0.565. The largest absolute Gasteiger partial charge is 0.465 e. The number of hydrogen-bond acceptors (Lipinski definition) is 5. The average molecular weight is 384 g/mol. The third-order valence-electron chi connectivity index (χ3n) is 5.72. The molecule has 1 aromatic carbocycles. The van der Waals surface area contributed by atoms with Gasteiger partial charge in [0.25, 0.3) is 0 Å². The van der Waals surface area contributed by atoms with Crippen LogP contribution in [0, 0.1) is 23.7 Å². The number of hydrogen-bond donors (Lipinski definition) is 2. The van der Waals surface area contributed by atoms with Crippen LogP contribution < -0.4 is 0 Å². The first-order chi connectivity index (χ1) is 13.4. The quantitative estimate of drug-likeness (QED) is 0.429. The van der Waals surface area contributed by atoms with Gasteiger partial charge in [-0.15, -0.1) is 0 Å². The van der Waals surface area contributed by atoms with Crippen LogP contribution in [-0.2, 0) is 16.0 Å². The summed E-state index contributed by atoms with van der Waals surface area (Å²) in [6, 6.07) is 7.43. The molecular formula is C23H28O5. The molecule has 0 bridgehead atoms. The first kappa shape index (κ1) is 20.6.